The van der Waals surface area contributed by atoms with Crippen molar-refractivity contribution < 1.29 is 28.7 Å². The average Bonchev–Trinajstić information content (AvgIpc) is 2.68. The lowest BCUT2D eigenvalue weighted by molar-refractivity contribution is -0.0532. The van der Waals surface area contributed by atoms with Crippen LogP contribution in [0.4, 0.5) is 5.82 Å². The molecular weight excluding hydrogens is 373 g/mol. The third kappa shape index (κ3) is 4.10. The summed E-state index contributed by atoms with van der Waals surface area (Å²) in [5, 5.41) is 8.64. The number of phosphoric ester groups is 1. The molecule has 0 aromatic carbocycles. The van der Waals surface area contributed by atoms with E-state index in [1.54, 1.807) is 0 Å². The second kappa shape index (κ2) is 6.13. The number of anilines is 1. The molecule has 0 bridgehead atoms. The van der Waals surface area contributed by atoms with Gasteiger partial charge in [-0.3, -0.25) is 9.09 Å². The average molecular weight is 386 g/mol. The second-order valence-electron chi connectivity index (χ2n) is 4.35. The van der Waals surface area contributed by atoms with Crippen LogP contribution in [0.1, 0.15) is 12.6 Å². The molecule has 1 aromatic rings. The molecular formula is C9H13BrN3O7P. The van der Waals surface area contributed by atoms with Crippen LogP contribution in [-0.2, 0) is 13.8 Å². The van der Waals surface area contributed by atoms with Crippen molar-refractivity contribution in [2.75, 3.05) is 5.73 Å². The van der Waals surface area contributed by atoms with Gasteiger partial charge in [0.2, 0.25) is 0 Å². The molecule has 2 heterocycles. The van der Waals surface area contributed by atoms with E-state index in [-0.39, 0.29) is 12.2 Å². The number of hydrogen-bond donors (Lipinski definition) is 4. The fourth-order valence-electron chi connectivity index (χ4n) is 1.92. The van der Waals surface area contributed by atoms with E-state index in [4.69, 9.17) is 20.3 Å². The van der Waals surface area contributed by atoms with E-state index in [0.717, 1.165) is 4.57 Å². The van der Waals surface area contributed by atoms with Crippen LogP contribution in [0.15, 0.2) is 17.1 Å². The van der Waals surface area contributed by atoms with Crippen molar-refractivity contribution in [3.8, 4) is 0 Å². The van der Waals surface area contributed by atoms with Crippen molar-refractivity contribution >= 4 is 29.6 Å². The van der Waals surface area contributed by atoms with Gasteiger partial charge in [0, 0.05) is 12.6 Å². The lowest BCUT2D eigenvalue weighted by Gasteiger charge is -2.21. The van der Waals surface area contributed by atoms with E-state index in [1.807, 2.05) is 0 Å². The van der Waals surface area contributed by atoms with Gasteiger partial charge in [-0.25, -0.2) is 9.36 Å². The van der Waals surface area contributed by atoms with Crippen LogP contribution in [0.25, 0.3) is 0 Å². The van der Waals surface area contributed by atoms with Crippen LogP contribution < -0.4 is 11.4 Å². The lowest BCUT2D eigenvalue weighted by atomic mass is 10.2. The SMILES string of the molecule is Nc1ccn([C@H]2C[C@H](O)[C@@H](C(Br)OP(=O)(O)O)O2)c(=O)n1. The molecule has 118 valence electrons. The summed E-state index contributed by atoms with van der Waals surface area (Å²) in [5.41, 5.74) is 4.71. The Hall–Kier alpha value is -0.810. The van der Waals surface area contributed by atoms with Gasteiger partial charge >= 0.3 is 13.5 Å². The molecule has 10 nitrogen and oxygen atoms in total. The van der Waals surface area contributed by atoms with Crippen LogP contribution in [-0.4, -0.2) is 41.7 Å². The Labute approximate surface area is 126 Å². The fourth-order valence-corrected chi connectivity index (χ4v) is 3.43. The van der Waals surface area contributed by atoms with Gasteiger partial charge in [-0.1, -0.05) is 15.9 Å². The van der Waals surface area contributed by atoms with E-state index in [2.05, 4.69) is 25.4 Å². The van der Waals surface area contributed by atoms with E-state index >= 15 is 0 Å². The monoisotopic (exact) mass is 385 g/mol. The Morgan fingerprint density at radius 3 is 2.86 bits per heavy atom. The number of ether oxygens (including phenoxy) is 1. The molecule has 1 aromatic heterocycles. The standard InChI is InChI=1S/C9H13BrN3O7P/c10-8(20-21(16,17)18)7-4(14)3-6(19-7)13-2-1-5(11)12-9(13)15/h1-2,4,6-8,14H,3H2,(H2,11,12,15)(H2,16,17,18)/t4-,6+,7-,8?/m0/s1. The first kappa shape index (κ1) is 16.6. The maximum Gasteiger partial charge on any atom is 0.470 e. The second-order valence-corrected chi connectivity index (χ2v) is 6.44. The van der Waals surface area contributed by atoms with Crippen molar-refractivity contribution in [2.45, 2.75) is 29.9 Å². The van der Waals surface area contributed by atoms with Crippen molar-refractivity contribution in [2.24, 2.45) is 0 Å². The fraction of sp³-hybridized carbons (Fsp3) is 0.556. The lowest BCUT2D eigenvalue weighted by Crippen LogP contribution is -2.32. The molecule has 1 saturated heterocycles. The molecule has 2 rings (SSSR count). The normalized spacial score (nSPS) is 27.7. The maximum absolute atomic E-state index is 11.7. The maximum atomic E-state index is 11.7. The number of alkyl halides is 1. The number of nitrogen functional groups attached to an aromatic ring is 1. The summed E-state index contributed by atoms with van der Waals surface area (Å²) < 4.78 is 21.7. The first-order chi connectivity index (χ1) is 9.67. The molecule has 12 heteroatoms. The first-order valence-corrected chi connectivity index (χ1v) is 8.18. The van der Waals surface area contributed by atoms with Crippen molar-refractivity contribution in [3.05, 3.63) is 22.7 Å². The predicted molar refractivity (Wildman–Crippen MR) is 73.3 cm³/mol. The van der Waals surface area contributed by atoms with E-state index in [0.29, 0.717) is 0 Å². The molecule has 0 spiro atoms. The van der Waals surface area contributed by atoms with Crippen LogP contribution in [0.2, 0.25) is 0 Å². The summed E-state index contributed by atoms with van der Waals surface area (Å²) in [6.45, 7) is 0. The zero-order valence-corrected chi connectivity index (χ0v) is 12.9. The van der Waals surface area contributed by atoms with Gasteiger partial charge in [-0.2, -0.15) is 4.98 Å². The quantitative estimate of drug-likeness (QED) is 0.388. The summed E-state index contributed by atoms with van der Waals surface area (Å²) in [6, 6.07) is 1.39. The molecule has 4 atom stereocenters. The van der Waals surface area contributed by atoms with E-state index in [9.17, 15) is 14.5 Å². The Bertz CT molecular complexity index is 620. The van der Waals surface area contributed by atoms with E-state index < -0.39 is 37.0 Å². The van der Waals surface area contributed by atoms with Crippen molar-refractivity contribution in [3.63, 3.8) is 0 Å². The molecule has 21 heavy (non-hydrogen) atoms. The van der Waals surface area contributed by atoms with Gasteiger partial charge < -0.3 is 25.4 Å². The van der Waals surface area contributed by atoms with Crippen molar-refractivity contribution in [1.82, 2.24) is 9.55 Å². The van der Waals surface area contributed by atoms with Gasteiger partial charge in [0.15, 0.2) is 5.01 Å². The Morgan fingerprint density at radius 2 is 2.29 bits per heavy atom. The highest BCUT2D eigenvalue weighted by molar-refractivity contribution is 9.09. The minimum atomic E-state index is -4.74. The van der Waals surface area contributed by atoms with Crippen LogP contribution >= 0.6 is 23.8 Å². The highest BCUT2D eigenvalue weighted by atomic mass is 79.9. The number of aliphatic hydroxyl groups excluding tert-OH is 1. The molecule has 0 amide bonds. The van der Waals surface area contributed by atoms with Crippen LogP contribution in [0, 0.1) is 0 Å². The van der Waals surface area contributed by atoms with Gasteiger partial charge in [0.25, 0.3) is 0 Å². The Kier molecular flexibility index (Phi) is 4.83. The number of rotatable bonds is 4. The Balaban J connectivity index is 2.14. The number of phosphoric acid groups is 1. The topological polar surface area (TPSA) is 157 Å². The van der Waals surface area contributed by atoms with Gasteiger partial charge in [0.05, 0.1) is 6.10 Å². The summed E-state index contributed by atoms with van der Waals surface area (Å²) in [6.07, 6.45) is -1.60. The van der Waals surface area contributed by atoms with Crippen LogP contribution in [0.3, 0.4) is 0 Å². The molecule has 1 unspecified atom stereocenters. The third-order valence-electron chi connectivity index (χ3n) is 2.79. The number of nitrogens with two attached hydrogens (primary N) is 1. The molecule has 0 aliphatic carbocycles. The van der Waals surface area contributed by atoms with Crippen molar-refractivity contribution in [1.29, 1.82) is 0 Å². The summed E-state index contributed by atoms with van der Waals surface area (Å²) >= 11 is 2.89. The molecule has 1 aliphatic heterocycles. The van der Waals surface area contributed by atoms with Gasteiger partial charge in [-0.15, -0.1) is 0 Å². The predicted octanol–water partition coefficient (Wildman–Crippen LogP) is -0.696. The number of halogens is 1. The molecule has 1 aliphatic rings. The summed E-state index contributed by atoms with van der Waals surface area (Å²) in [4.78, 5) is 32.7. The smallest absolute Gasteiger partial charge is 0.390 e. The molecule has 0 saturated carbocycles. The highest BCUT2D eigenvalue weighted by Crippen LogP contribution is 2.43. The first-order valence-electron chi connectivity index (χ1n) is 5.73. The zero-order chi connectivity index (χ0) is 15.8. The summed E-state index contributed by atoms with van der Waals surface area (Å²) in [7, 11) is -4.74. The molecule has 0 radical (unpaired) electrons. The minimum Gasteiger partial charge on any atom is -0.390 e. The number of nitrogens with zero attached hydrogens (tertiary/aromatic N) is 2. The third-order valence-corrected chi connectivity index (χ3v) is 4.29. The summed E-state index contributed by atoms with van der Waals surface area (Å²) in [5.74, 6) is 0.0505. The number of hydrogen-bond acceptors (Lipinski definition) is 7. The molecule has 5 N–H and O–H groups in total. The number of aromatic nitrogens is 2. The highest BCUT2D eigenvalue weighted by Gasteiger charge is 2.42. The van der Waals surface area contributed by atoms with Crippen LogP contribution in [0.5, 0.6) is 0 Å². The Morgan fingerprint density at radius 1 is 1.62 bits per heavy atom. The van der Waals surface area contributed by atoms with E-state index in [1.165, 1.54) is 12.3 Å². The largest absolute Gasteiger partial charge is 0.470 e. The molecule has 1 fully saturated rings. The minimum absolute atomic E-state index is 0.0305. The van der Waals surface area contributed by atoms with Gasteiger partial charge in [-0.05, 0) is 6.07 Å². The number of aliphatic hydroxyl groups is 1. The zero-order valence-electron chi connectivity index (χ0n) is 10.4. The van der Waals surface area contributed by atoms with Gasteiger partial charge in [0.1, 0.15) is 18.1 Å².